The van der Waals surface area contributed by atoms with Crippen molar-refractivity contribution in [2.24, 2.45) is 0 Å². The first-order valence-corrected chi connectivity index (χ1v) is 7.37. The second kappa shape index (κ2) is 4.90. The Morgan fingerprint density at radius 1 is 0.944 bits per heavy atom. The summed E-state index contributed by atoms with van der Waals surface area (Å²) in [5.74, 6) is 0. The molecule has 0 spiro atoms. The molecule has 0 unspecified atom stereocenters. The van der Waals surface area contributed by atoms with E-state index in [1.165, 1.54) is 0 Å². The molecule has 0 aromatic carbocycles. The van der Waals surface area contributed by atoms with Gasteiger partial charge in [0, 0.05) is 13.1 Å². The first-order valence-electron chi connectivity index (χ1n) is 4.49. The smallest absolute Gasteiger partial charge is 0.281 e. The van der Waals surface area contributed by atoms with Gasteiger partial charge in [0.1, 0.15) is 0 Å². The van der Waals surface area contributed by atoms with E-state index in [9.17, 15) is 34.4 Å². The van der Waals surface area contributed by atoms with E-state index in [0.717, 1.165) is 13.8 Å². The van der Waals surface area contributed by atoms with Crippen molar-refractivity contribution in [3.8, 4) is 0 Å². The normalized spacial score (nSPS) is 15.1. The molecule has 0 heterocycles. The summed E-state index contributed by atoms with van der Waals surface area (Å²) >= 11 is 0. The first-order chi connectivity index (χ1) is 7.77. The molecule has 18 heavy (non-hydrogen) atoms. The highest BCUT2D eigenvalue weighted by Gasteiger charge is 2.74. The second-order valence-corrected chi connectivity index (χ2v) is 6.54. The minimum Gasteiger partial charge on any atom is -0.281 e. The van der Waals surface area contributed by atoms with E-state index in [1.54, 1.807) is 0 Å². The van der Waals surface area contributed by atoms with Crippen LogP contribution in [0.1, 0.15) is 13.8 Å². The third kappa shape index (κ3) is 2.46. The summed E-state index contributed by atoms with van der Waals surface area (Å²) in [5, 5.41) is -12.1. The van der Waals surface area contributed by atoms with Crippen molar-refractivity contribution in [3.63, 3.8) is 0 Å². The van der Waals surface area contributed by atoms with Crippen LogP contribution in [0, 0.1) is 0 Å². The number of halogens is 4. The maximum Gasteiger partial charge on any atom is 0.448 e. The standard InChI is InChI=1S/C6H11F4NO5S2/c1-3-11(4-2)17(12,13)5(7,8)6(9,10)18(14,15)16/h3-4H2,1-2H3,(H,14,15,16). The van der Waals surface area contributed by atoms with E-state index in [1.807, 2.05) is 0 Å². The van der Waals surface area contributed by atoms with Crippen LogP contribution in [0.2, 0.25) is 0 Å². The van der Waals surface area contributed by atoms with Crippen LogP contribution in [0.25, 0.3) is 0 Å². The number of rotatable bonds is 6. The molecule has 1 N–H and O–H groups in total. The molecule has 0 amide bonds. The second-order valence-electron chi connectivity index (χ2n) is 3.10. The Hall–Kier alpha value is -0.460. The van der Waals surface area contributed by atoms with Crippen molar-refractivity contribution in [3.05, 3.63) is 0 Å². The van der Waals surface area contributed by atoms with Crippen molar-refractivity contribution in [2.45, 2.75) is 24.4 Å². The van der Waals surface area contributed by atoms with Gasteiger partial charge in [0.15, 0.2) is 0 Å². The van der Waals surface area contributed by atoms with Gasteiger partial charge in [-0.25, -0.2) is 8.42 Å². The van der Waals surface area contributed by atoms with Gasteiger partial charge in [0.2, 0.25) is 0 Å². The van der Waals surface area contributed by atoms with Crippen molar-refractivity contribution >= 4 is 20.1 Å². The largest absolute Gasteiger partial charge is 0.448 e. The summed E-state index contributed by atoms with van der Waals surface area (Å²) in [5.41, 5.74) is 0. The molecule has 0 aromatic heterocycles. The highest BCUT2D eigenvalue weighted by Crippen LogP contribution is 2.43. The lowest BCUT2D eigenvalue weighted by molar-refractivity contribution is -0.104. The van der Waals surface area contributed by atoms with Crippen molar-refractivity contribution in [1.82, 2.24) is 4.31 Å². The SMILES string of the molecule is CCN(CC)S(=O)(=O)C(F)(F)C(F)(F)S(=O)(=O)O. The number of nitrogens with zero attached hydrogens (tertiary/aromatic N) is 1. The minimum atomic E-state index is -6.58. The first kappa shape index (κ1) is 17.5. The Bertz CT molecular complexity index is 496. The molecule has 0 fully saturated rings. The summed E-state index contributed by atoms with van der Waals surface area (Å²) < 4.78 is 103. The number of hydrogen-bond donors (Lipinski definition) is 1. The lowest BCUT2D eigenvalue weighted by atomic mass is 10.7. The topological polar surface area (TPSA) is 91.8 Å². The van der Waals surface area contributed by atoms with Crippen molar-refractivity contribution in [2.75, 3.05) is 13.1 Å². The van der Waals surface area contributed by atoms with Gasteiger partial charge < -0.3 is 0 Å². The third-order valence-electron chi connectivity index (χ3n) is 2.03. The Labute approximate surface area is 101 Å². The fourth-order valence-corrected chi connectivity index (χ4v) is 3.26. The highest BCUT2D eigenvalue weighted by molar-refractivity contribution is 7.93. The van der Waals surface area contributed by atoms with Gasteiger partial charge in [-0.3, -0.25) is 4.55 Å². The predicted octanol–water partition coefficient (Wildman–Crippen LogP) is 0.731. The van der Waals surface area contributed by atoms with E-state index in [0.29, 0.717) is 0 Å². The molecule has 0 saturated heterocycles. The summed E-state index contributed by atoms with van der Waals surface area (Å²) in [4.78, 5) is 0. The van der Waals surface area contributed by atoms with Gasteiger partial charge in [-0.1, -0.05) is 13.8 Å². The fourth-order valence-electron chi connectivity index (χ4n) is 1.03. The Kier molecular flexibility index (Phi) is 4.78. The van der Waals surface area contributed by atoms with Gasteiger partial charge >= 0.3 is 20.6 Å². The molecule has 0 aliphatic rings. The molecule has 0 aromatic rings. The molecule has 0 saturated carbocycles. The number of sulfonamides is 1. The predicted molar refractivity (Wildman–Crippen MR) is 53.3 cm³/mol. The van der Waals surface area contributed by atoms with Crippen LogP contribution in [0.5, 0.6) is 0 Å². The highest BCUT2D eigenvalue weighted by atomic mass is 32.2. The molecule has 0 aliphatic heterocycles. The van der Waals surface area contributed by atoms with Gasteiger partial charge in [-0.15, -0.1) is 0 Å². The maximum absolute atomic E-state index is 13.2. The molecule has 110 valence electrons. The van der Waals surface area contributed by atoms with E-state index in [-0.39, 0.29) is 4.31 Å². The van der Waals surface area contributed by atoms with Gasteiger partial charge in [-0.2, -0.15) is 30.3 Å². The average Bonchev–Trinajstić information content (AvgIpc) is 2.16. The molecule has 6 nitrogen and oxygen atoms in total. The zero-order chi connectivity index (χ0) is 15.0. The Balaban J connectivity index is 5.96. The van der Waals surface area contributed by atoms with Crippen molar-refractivity contribution < 1.29 is 39.0 Å². The Morgan fingerprint density at radius 3 is 1.50 bits per heavy atom. The summed E-state index contributed by atoms with van der Waals surface area (Å²) in [6.07, 6.45) is 0. The summed E-state index contributed by atoms with van der Waals surface area (Å²) in [6, 6.07) is 0. The average molecular weight is 317 g/mol. The monoisotopic (exact) mass is 317 g/mol. The molecule has 0 rings (SSSR count). The molecule has 12 heteroatoms. The lowest BCUT2D eigenvalue weighted by Crippen LogP contribution is -2.56. The number of alkyl halides is 4. The molecular formula is C6H11F4NO5S2. The number of hydrogen-bond acceptors (Lipinski definition) is 4. The van der Waals surface area contributed by atoms with E-state index in [2.05, 4.69) is 0 Å². The van der Waals surface area contributed by atoms with Crippen LogP contribution in [0.4, 0.5) is 17.6 Å². The maximum atomic E-state index is 13.2. The van der Waals surface area contributed by atoms with Crippen molar-refractivity contribution in [1.29, 1.82) is 0 Å². The van der Waals surface area contributed by atoms with Crippen LogP contribution in [0.15, 0.2) is 0 Å². The summed E-state index contributed by atoms with van der Waals surface area (Å²) in [6.45, 7) is 1.08. The van der Waals surface area contributed by atoms with Crippen LogP contribution < -0.4 is 0 Å². The molecule has 0 atom stereocenters. The zero-order valence-electron chi connectivity index (χ0n) is 9.27. The van der Waals surface area contributed by atoms with Crippen LogP contribution in [-0.2, 0) is 20.1 Å². The van der Waals surface area contributed by atoms with Gasteiger partial charge in [-0.05, 0) is 0 Å². The van der Waals surface area contributed by atoms with Crippen LogP contribution >= 0.6 is 0 Å². The van der Waals surface area contributed by atoms with Gasteiger partial charge in [0.25, 0.3) is 10.0 Å². The molecule has 0 bridgehead atoms. The van der Waals surface area contributed by atoms with E-state index >= 15 is 0 Å². The Morgan fingerprint density at radius 2 is 1.28 bits per heavy atom. The van der Waals surface area contributed by atoms with Gasteiger partial charge in [0.05, 0.1) is 0 Å². The molecule has 0 aliphatic carbocycles. The molecular weight excluding hydrogens is 306 g/mol. The third-order valence-corrected chi connectivity index (χ3v) is 5.17. The van der Waals surface area contributed by atoms with E-state index < -0.39 is 43.7 Å². The summed E-state index contributed by atoms with van der Waals surface area (Å²) in [7, 11) is -12.5. The quantitative estimate of drug-likeness (QED) is 0.576. The van der Waals surface area contributed by atoms with Crippen LogP contribution in [-0.4, -0.2) is 49.3 Å². The zero-order valence-corrected chi connectivity index (χ0v) is 10.9. The fraction of sp³-hybridized carbons (Fsp3) is 1.00. The molecule has 0 radical (unpaired) electrons. The van der Waals surface area contributed by atoms with E-state index in [4.69, 9.17) is 4.55 Å². The lowest BCUT2D eigenvalue weighted by Gasteiger charge is -2.28. The minimum absolute atomic E-state index is 0.0356. The van der Waals surface area contributed by atoms with Crippen LogP contribution in [0.3, 0.4) is 0 Å².